The molecule has 0 heterocycles. The largest absolute Gasteiger partial charge is 0.0725 e. The Hall–Kier alpha value is -8.32. The molecule has 0 radical (unpaired) electrons. The molecule has 2 spiro atoms. The quantitative estimate of drug-likeness (QED) is 0.151. The van der Waals surface area contributed by atoms with Crippen LogP contribution in [-0.4, -0.2) is 0 Å². The third-order valence-corrected chi connectivity index (χ3v) is 15.8. The first-order chi connectivity index (χ1) is 33.5. The zero-order valence-electron chi connectivity index (χ0n) is 38.1. The summed E-state index contributed by atoms with van der Waals surface area (Å²) in [4.78, 5) is 0. The maximum absolute atomic E-state index is 2.47. The summed E-state index contributed by atoms with van der Waals surface area (Å²) >= 11 is 0. The molecule has 0 aliphatic heterocycles. The van der Waals surface area contributed by atoms with E-state index in [9.17, 15) is 0 Å². The third-order valence-electron chi connectivity index (χ3n) is 15.8. The number of hydrogen-bond donors (Lipinski definition) is 0. The van der Waals surface area contributed by atoms with Gasteiger partial charge in [-0.1, -0.05) is 231 Å². The number of allylic oxidation sites excluding steroid dienone is 2. The highest BCUT2D eigenvalue weighted by atomic mass is 14.5. The Bertz CT molecular complexity index is 3420. The molecule has 0 heteroatoms. The molecule has 4 aliphatic carbocycles. The highest BCUT2D eigenvalue weighted by Gasteiger charge is 2.53. The summed E-state index contributed by atoms with van der Waals surface area (Å²) in [6.07, 6.45) is 4.66. The second kappa shape index (κ2) is 14.6. The molecule has 0 bridgehead atoms. The van der Waals surface area contributed by atoms with Crippen LogP contribution < -0.4 is 0 Å². The van der Waals surface area contributed by atoms with E-state index < -0.39 is 0 Å². The molecule has 0 nitrogen and oxygen atoms in total. The topological polar surface area (TPSA) is 0 Å². The first-order valence-corrected chi connectivity index (χ1v) is 24.0. The summed E-state index contributed by atoms with van der Waals surface area (Å²) in [5.74, 6) is 0. The lowest BCUT2D eigenvalue weighted by atomic mass is 9.70. The minimum atomic E-state index is -0.338. The van der Waals surface area contributed by atoms with Crippen LogP contribution in [0.15, 0.2) is 231 Å². The van der Waals surface area contributed by atoms with Crippen LogP contribution in [0.3, 0.4) is 0 Å². The van der Waals surface area contributed by atoms with Crippen molar-refractivity contribution in [3.8, 4) is 55.6 Å². The number of rotatable bonds is 5. The van der Waals surface area contributed by atoms with Gasteiger partial charge in [0, 0.05) is 0 Å². The molecule has 0 N–H and O–H groups in total. The Morgan fingerprint density at radius 3 is 0.794 bits per heavy atom. The van der Waals surface area contributed by atoms with Crippen molar-refractivity contribution >= 4 is 23.3 Å². The monoisotopic (exact) mass is 862 g/mol. The maximum Gasteiger partial charge on any atom is 0.0725 e. The Kier molecular flexibility index (Phi) is 8.35. The van der Waals surface area contributed by atoms with Gasteiger partial charge >= 0.3 is 0 Å². The summed E-state index contributed by atoms with van der Waals surface area (Å²) in [5, 5.41) is 0. The van der Waals surface area contributed by atoms with Crippen LogP contribution in [0.1, 0.15) is 80.6 Å². The van der Waals surface area contributed by atoms with Crippen LogP contribution in [0.5, 0.6) is 0 Å². The standard InChI is InChI=1S/C68H46/c1-43(49-35-37-57-55-19-7-13-25-63(55)67(65(57)41-49)59-21-9-3-15-51(59)52-16-4-10-22-60(52)67)39-45-27-31-47(32-28-45)48-33-29-46(30-34-48)40-44(2)50-36-38-58-56-20-8-14-26-64(56)68(66(58)42-50)61-23-11-5-17-53(61)54-18-6-12-24-62(54)68/h3-42H,1-2H3. The highest BCUT2D eigenvalue weighted by Crippen LogP contribution is 2.64. The van der Waals surface area contributed by atoms with Gasteiger partial charge in [-0.2, -0.15) is 0 Å². The van der Waals surface area contributed by atoms with Crippen LogP contribution in [0.25, 0.3) is 78.9 Å². The fraction of sp³-hybridized carbons (Fsp3) is 0.0588. The molecule has 4 aliphatic rings. The van der Waals surface area contributed by atoms with Gasteiger partial charge in [0.15, 0.2) is 0 Å². The van der Waals surface area contributed by atoms with Crippen LogP contribution in [0.4, 0.5) is 0 Å². The van der Waals surface area contributed by atoms with Gasteiger partial charge < -0.3 is 0 Å². The number of fused-ring (bicyclic) bond motifs is 20. The average molecular weight is 863 g/mol. The average Bonchev–Trinajstić information content (AvgIpc) is 4.08. The summed E-state index contributed by atoms with van der Waals surface area (Å²) < 4.78 is 0. The third kappa shape index (κ3) is 5.26. The zero-order valence-corrected chi connectivity index (χ0v) is 38.1. The summed E-state index contributed by atoms with van der Waals surface area (Å²) in [7, 11) is 0. The first-order valence-electron chi connectivity index (χ1n) is 24.0. The highest BCUT2D eigenvalue weighted by molar-refractivity contribution is 5.98. The van der Waals surface area contributed by atoms with Gasteiger partial charge in [0.1, 0.15) is 0 Å². The normalized spacial score (nSPS) is 14.7. The van der Waals surface area contributed by atoms with Crippen molar-refractivity contribution in [2.75, 3.05) is 0 Å². The fourth-order valence-corrected chi connectivity index (χ4v) is 12.9. The van der Waals surface area contributed by atoms with Crippen molar-refractivity contribution in [3.63, 3.8) is 0 Å². The molecule has 10 aromatic carbocycles. The van der Waals surface area contributed by atoms with Crippen molar-refractivity contribution < 1.29 is 0 Å². The second-order valence-electron chi connectivity index (χ2n) is 19.2. The molecule has 0 aromatic heterocycles. The lowest BCUT2D eigenvalue weighted by Gasteiger charge is -2.30. The van der Waals surface area contributed by atoms with E-state index in [4.69, 9.17) is 0 Å². The molecule has 0 saturated heterocycles. The molecular formula is C68H46. The molecule has 318 valence electrons. The summed E-state index contributed by atoms with van der Waals surface area (Å²) in [6.45, 7) is 4.50. The molecule has 10 aromatic rings. The van der Waals surface area contributed by atoms with E-state index >= 15 is 0 Å². The lowest BCUT2D eigenvalue weighted by molar-refractivity contribution is 0.793. The van der Waals surface area contributed by atoms with Gasteiger partial charge in [0.25, 0.3) is 0 Å². The molecule has 0 amide bonds. The van der Waals surface area contributed by atoms with Gasteiger partial charge in [-0.3, -0.25) is 0 Å². The maximum atomic E-state index is 2.47. The second-order valence-corrected chi connectivity index (χ2v) is 19.2. The van der Waals surface area contributed by atoms with Gasteiger partial charge in [-0.15, -0.1) is 0 Å². The van der Waals surface area contributed by atoms with E-state index in [1.165, 1.54) is 134 Å². The van der Waals surface area contributed by atoms with E-state index in [1.54, 1.807) is 0 Å². The molecule has 0 saturated carbocycles. The van der Waals surface area contributed by atoms with E-state index in [1.807, 2.05) is 0 Å². The van der Waals surface area contributed by atoms with Gasteiger partial charge in [-0.05, 0) is 160 Å². The van der Waals surface area contributed by atoms with Crippen molar-refractivity contribution in [2.45, 2.75) is 24.7 Å². The zero-order chi connectivity index (χ0) is 45.1. The molecule has 14 rings (SSSR count). The van der Waals surface area contributed by atoms with Crippen LogP contribution in [-0.2, 0) is 10.8 Å². The van der Waals surface area contributed by atoms with E-state index in [2.05, 4.69) is 257 Å². The van der Waals surface area contributed by atoms with Crippen LogP contribution in [0.2, 0.25) is 0 Å². The van der Waals surface area contributed by atoms with Crippen molar-refractivity contribution in [1.29, 1.82) is 0 Å². The van der Waals surface area contributed by atoms with E-state index in [0.29, 0.717) is 0 Å². The smallest absolute Gasteiger partial charge is 0.0619 e. The lowest BCUT2D eigenvalue weighted by Crippen LogP contribution is -2.25. The number of hydrogen-bond acceptors (Lipinski definition) is 0. The van der Waals surface area contributed by atoms with Gasteiger partial charge in [0.05, 0.1) is 10.8 Å². The van der Waals surface area contributed by atoms with Gasteiger partial charge in [0.2, 0.25) is 0 Å². The van der Waals surface area contributed by atoms with Crippen molar-refractivity contribution in [3.05, 3.63) is 297 Å². The predicted molar refractivity (Wildman–Crippen MR) is 284 cm³/mol. The predicted octanol–water partition coefficient (Wildman–Crippen LogP) is 17.2. The molecule has 68 heavy (non-hydrogen) atoms. The Morgan fingerprint density at radius 2 is 0.515 bits per heavy atom. The van der Waals surface area contributed by atoms with Crippen molar-refractivity contribution in [2.24, 2.45) is 0 Å². The SMILES string of the molecule is CC(=Cc1ccc(-c2ccc(C=C(C)c3ccc4c(c3)C3(c5ccccc5-c5ccccc53)c3ccccc3-4)cc2)cc1)c1ccc2c(c1)C1(c3ccccc3-c3ccccc31)c1ccccc1-2. The molecule has 0 atom stereocenters. The minimum Gasteiger partial charge on any atom is -0.0619 e. The van der Waals surface area contributed by atoms with E-state index in [0.717, 1.165) is 0 Å². The Balaban J connectivity index is 0.753. The van der Waals surface area contributed by atoms with Crippen LogP contribution in [0, 0.1) is 0 Å². The fourth-order valence-electron chi connectivity index (χ4n) is 12.9. The molecular weight excluding hydrogens is 817 g/mol. The van der Waals surface area contributed by atoms with Crippen LogP contribution >= 0.6 is 0 Å². The van der Waals surface area contributed by atoms with E-state index in [-0.39, 0.29) is 10.8 Å². The Labute approximate surface area is 398 Å². The number of benzene rings is 10. The molecule has 0 unspecified atom stereocenters. The van der Waals surface area contributed by atoms with Gasteiger partial charge in [-0.25, -0.2) is 0 Å². The Morgan fingerprint density at radius 1 is 0.265 bits per heavy atom. The first kappa shape index (κ1) is 38.9. The summed E-state index contributed by atoms with van der Waals surface area (Å²) in [6, 6.07) is 86.5. The van der Waals surface area contributed by atoms with Crippen molar-refractivity contribution in [1.82, 2.24) is 0 Å². The minimum absolute atomic E-state index is 0.338. The summed E-state index contributed by atoms with van der Waals surface area (Å²) in [5.41, 5.74) is 30.8. The molecule has 0 fully saturated rings.